The zero-order valence-corrected chi connectivity index (χ0v) is 10.1. The molecule has 17 heavy (non-hydrogen) atoms. The van der Waals surface area contributed by atoms with Crippen molar-refractivity contribution < 1.29 is 19.5 Å². The molecule has 1 aliphatic rings. The third kappa shape index (κ3) is 3.44. The molecule has 1 aliphatic heterocycles. The van der Waals surface area contributed by atoms with Crippen LogP contribution in [0.4, 0.5) is 0 Å². The molecular formula is C11H18N2O4. The highest BCUT2D eigenvalue weighted by Crippen LogP contribution is 2.15. The van der Waals surface area contributed by atoms with Gasteiger partial charge in [0.2, 0.25) is 11.8 Å². The van der Waals surface area contributed by atoms with Crippen molar-refractivity contribution in [1.82, 2.24) is 10.2 Å². The maximum absolute atomic E-state index is 12.0. The number of amides is 2. The molecule has 2 N–H and O–H groups in total. The number of nitrogens with zero attached hydrogens (tertiary/aromatic N) is 1. The van der Waals surface area contributed by atoms with E-state index >= 15 is 0 Å². The first-order chi connectivity index (χ1) is 7.93. The van der Waals surface area contributed by atoms with Crippen LogP contribution in [0.5, 0.6) is 0 Å². The second kappa shape index (κ2) is 5.65. The number of hydrogen-bond acceptors (Lipinski definition) is 3. The first kappa shape index (κ1) is 13.5. The Labute approximate surface area is 100.0 Å². The topological polar surface area (TPSA) is 86.7 Å². The second-order valence-corrected chi connectivity index (χ2v) is 4.38. The fourth-order valence-electron chi connectivity index (χ4n) is 1.71. The van der Waals surface area contributed by atoms with E-state index in [0.717, 1.165) is 0 Å². The Kier molecular flexibility index (Phi) is 4.48. The molecule has 1 saturated heterocycles. The van der Waals surface area contributed by atoms with Crippen molar-refractivity contribution in [1.29, 1.82) is 0 Å². The maximum Gasteiger partial charge on any atom is 0.307 e. The van der Waals surface area contributed by atoms with Crippen LogP contribution < -0.4 is 5.32 Å². The van der Waals surface area contributed by atoms with E-state index in [9.17, 15) is 14.4 Å². The van der Waals surface area contributed by atoms with Crippen molar-refractivity contribution in [3.63, 3.8) is 0 Å². The Hall–Kier alpha value is -1.59. The molecule has 0 aliphatic carbocycles. The molecule has 0 aromatic heterocycles. The normalized spacial score (nSPS) is 20.1. The van der Waals surface area contributed by atoms with E-state index in [-0.39, 0.29) is 18.4 Å². The Morgan fingerprint density at radius 1 is 1.35 bits per heavy atom. The SMILES string of the molecule is CC(C(=O)O)C(C)C(=O)N1CCCNC(=O)C1. The molecule has 1 rings (SSSR count). The first-order valence-electron chi connectivity index (χ1n) is 5.71. The van der Waals surface area contributed by atoms with Gasteiger partial charge < -0.3 is 15.3 Å². The van der Waals surface area contributed by atoms with Crippen LogP contribution in [0.2, 0.25) is 0 Å². The number of carbonyl (C=O) groups is 3. The molecule has 0 radical (unpaired) electrons. The molecule has 6 nitrogen and oxygen atoms in total. The molecule has 0 aromatic rings. The molecule has 2 amide bonds. The third-order valence-electron chi connectivity index (χ3n) is 3.10. The van der Waals surface area contributed by atoms with Crippen LogP contribution in [0, 0.1) is 11.8 Å². The molecular weight excluding hydrogens is 224 g/mol. The summed E-state index contributed by atoms with van der Waals surface area (Å²) in [5.74, 6) is -2.81. The van der Waals surface area contributed by atoms with Gasteiger partial charge in [-0.25, -0.2) is 0 Å². The van der Waals surface area contributed by atoms with Gasteiger partial charge >= 0.3 is 5.97 Å². The Morgan fingerprint density at radius 2 is 2.00 bits per heavy atom. The summed E-state index contributed by atoms with van der Waals surface area (Å²) in [6.07, 6.45) is 0.700. The van der Waals surface area contributed by atoms with E-state index < -0.39 is 17.8 Å². The largest absolute Gasteiger partial charge is 0.481 e. The van der Waals surface area contributed by atoms with E-state index in [1.165, 1.54) is 11.8 Å². The Morgan fingerprint density at radius 3 is 2.59 bits per heavy atom. The predicted molar refractivity (Wildman–Crippen MR) is 60.2 cm³/mol. The quantitative estimate of drug-likeness (QED) is 0.711. The van der Waals surface area contributed by atoms with Crippen LogP contribution in [0.15, 0.2) is 0 Å². The van der Waals surface area contributed by atoms with Gasteiger partial charge in [-0.1, -0.05) is 13.8 Å². The maximum atomic E-state index is 12.0. The summed E-state index contributed by atoms with van der Waals surface area (Å²) in [5, 5.41) is 11.5. The van der Waals surface area contributed by atoms with Crippen LogP contribution in [0.1, 0.15) is 20.3 Å². The highest BCUT2D eigenvalue weighted by Gasteiger charge is 2.30. The van der Waals surface area contributed by atoms with Gasteiger partial charge in [0.15, 0.2) is 0 Å². The van der Waals surface area contributed by atoms with Crippen molar-refractivity contribution in [2.24, 2.45) is 11.8 Å². The predicted octanol–water partition coefficient (Wildman–Crippen LogP) is -0.308. The lowest BCUT2D eigenvalue weighted by Gasteiger charge is -2.24. The summed E-state index contributed by atoms with van der Waals surface area (Å²) in [7, 11) is 0. The van der Waals surface area contributed by atoms with Gasteiger partial charge in [0.05, 0.1) is 12.5 Å². The summed E-state index contributed by atoms with van der Waals surface area (Å²) >= 11 is 0. The van der Waals surface area contributed by atoms with Crippen molar-refractivity contribution in [3.8, 4) is 0 Å². The van der Waals surface area contributed by atoms with Gasteiger partial charge in [-0.05, 0) is 6.42 Å². The molecule has 1 heterocycles. The number of carboxylic acids is 1. The number of carbonyl (C=O) groups excluding carboxylic acids is 2. The monoisotopic (exact) mass is 242 g/mol. The summed E-state index contributed by atoms with van der Waals surface area (Å²) < 4.78 is 0. The zero-order chi connectivity index (χ0) is 13.0. The van der Waals surface area contributed by atoms with Crippen LogP contribution >= 0.6 is 0 Å². The second-order valence-electron chi connectivity index (χ2n) is 4.38. The highest BCUT2D eigenvalue weighted by molar-refractivity contribution is 5.88. The smallest absolute Gasteiger partial charge is 0.307 e. The molecule has 1 fully saturated rings. The lowest BCUT2D eigenvalue weighted by Crippen LogP contribution is -2.42. The fourth-order valence-corrected chi connectivity index (χ4v) is 1.71. The van der Waals surface area contributed by atoms with Crippen molar-refractivity contribution in [2.45, 2.75) is 20.3 Å². The van der Waals surface area contributed by atoms with E-state index in [0.29, 0.717) is 19.5 Å². The lowest BCUT2D eigenvalue weighted by atomic mass is 9.94. The molecule has 0 spiro atoms. The molecule has 2 unspecified atom stereocenters. The van der Waals surface area contributed by atoms with Gasteiger partial charge in [0.1, 0.15) is 0 Å². The molecule has 0 aromatic carbocycles. The van der Waals surface area contributed by atoms with Gasteiger partial charge in [-0.15, -0.1) is 0 Å². The highest BCUT2D eigenvalue weighted by atomic mass is 16.4. The van der Waals surface area contributed by atoms with Crippen molar-refractivity contribution in [3.05, 3.63) is 0 Å². The van der Waals surface area contributed by atoms with Crippen LogP contribution in [0.3, 0.4) is 0 Å². The average molecular weight is 242 g/mol. The van der Waals surface area contributed by atoms with Crippen LogP contribution in [0.25, 0.3) is 0 Å². The number of carboxylic acid groups (broad SMARTS) is 1. The number of hydrogen-bond donors (Lipinski definition) is 2. The van der Waals surface area contributed by atoms with Gasteiger partial charge in [-0.3, -0.25) is 14.4 Å². The first-order valence-corrected chi connectivity index (χ1v) is 5.71. The van der Waals surface area contributed by atoms with E-state index in [2.05, 4.69) is 5.32 Å². The van der Waals surface area contributed by atoms with E-state index in [4.69, 9.17) is 5.11 Å². The zero-order valence-electron chi connectivity index (χ0n) is 10.1. The standard InChI is InChI=1S/C11H18N2O4/c1-7(8(2)11(16)17)10(15)13-5-3-4-12-9(14)6-13/h7-8H,3-6H2,1-2H3,(H,12,14)(H,16,17). The van der Waals surface area contributed by atoms with Gasteiger partial charge in [0, 0.05) is 19.0 Å². The minimum Gasteiger partial charge on any atom is -0.481 e. The Balaban J connectivity index is 2.67. The summed E-state index contributed by atoms with van der Waals surface area (Å²) in [6, 6.07) is 0. The van der Waals surface area contributed by atoms with Crippen LogP contribution in [-0.4, -0.2) is 47.4 Å². The summed E-state index contributed by atoms with van der Waals surface area (Å²) in [6.45, 7) is 4.17. The molecule has 96 valence electrons. The summed E-state index contributed by atoms with van der Waals surface area (Å²) in [5.41, 5.74) is 0. The van der Waals surface area contributed by atoms with E-state index in [1.54, 1.807) is 6.92 Å². The Bertz CT molecular complexity index is 329. The number of aliphatic carboxylic acids is 1. The molecule has 0 bridgehead atoms. The average Bonchev–Trinajstić information content (AvgIpc) is 2.50. The van der Waals surface area contributed by atoms with Gasteiger partial charge in [-0.2, -0.15) is 0 Å². The molecule has 6 heteroatoms. The molecule has 2 atom stereocenters. The van der Waals surface area contributed by atoms with Gasteiger partial charge in [0.25, 0.3) is 0 Å². The fraction of sp³-hybridized carbons (Fsp3) is 0.727. The molecule has 0 saturated carbocycles. The number of rotatable bonds is 3. The van der Waals surface area contributed by atoms with Crippen molar-refractivity contribution >= 4 is 17.8 Å². The van der Waals surface area contributed by atoms with Crippen molar-refractivity contribution in [2.75, 3.05) is 19.6 Å². The third-order valence-corrected chi connectivity index (χ3v) is 3.10. The number of nitrogens with one attached hydrogen (secondary N) is 1. The van der Waals surface area contributed by atoms with Crippen LogP contribution in [-0.2, 0) is 14.4 Å². The lowest BCUT2D eigenvalue weighted by molar-refractivity contribution is -0.149. The summed E-state index contributed by atoms with van der Waals surface area (Å²) in [4.78, 5) is 35.6. The minimum absolute atomic E-state index is 0.0233. The van der Waals surface area contributed by atoms with E-state index in [1.807, 2.05) is 0 Å². The minimum atomic E-state index is -0.995.